The lowest BCUT2D eigenvalue weighted by Gasteiger charge is -2.15. The average Bonchev–Trinajstić information content (AvgIpc) is 2.81. The topological polar surface area (TPSA) is 53.1 Å². The zero-order chi connectivity index (χ0) is 13.0. The molecule has 1 unspecified atom stereocenters. The van der Waals surface area contributed by atoms with E-state index in [1.165, 1.54) is 0 Å². The van der Waals surface area contributed by atoms with Gasteiger partial charge in [0.25, 0.3) is 0 Å². The number of hydrogen-bond acceptors (Lipinski definition) is 4. The summed E-state index contributed by atoms with van der Waals surface area (Å²) in [5.41, 5.74) is 7.02. The zero-order valence-corrected chi connectivity index (χ0v) is 11.4. The number of ether oxygens (including phenoxy) is 1. The number of nitrogens with two attached hydrogens (primary N) is 1. The summed E-state index contributed by atoms with van der Waals surface area (Å²) in [6, 6.07) is 8.00. The number of aryl methyl sites for hydroxylation is 1. The van der Waals surface area contributed by atoms with Crippen LogP contribution in [-0.2, 0) is 7.05 Å². The number of aromatic nitrogens is 2. The molecule has 0 fully saturated rings. The Bertz CT molecular complexity index is 512. The van der Waals surface area contributed by atoms with E-state index in [-0.39, 0.29) is 5.25 Å². The van der Waals surface area contributed by atoms with E-state index in [0.717, 1.165) is 16.5 Å². The maximum absolute atomic E-state index is 5.86. The van der Waals surface area contributed by atoms with Crippen LogP contribution in [0.4, 0.5) is 0 Å². The fraction of sp³-hybridized carbons (Fsp3) is 0.308. The van der Waals surface area contributed by atoms with Crippen molar-refractivity contribution in [2.24, 2.45) is 12.8 Å². The Labute approximate surface area is 111 Å². The van der Waals surface area contributed by atoms with Gasteiger partial charge in [0, 0.05) is 31.2 Å². The number of thioether (sulfide) groups is 1. The Hall–Kier alpha value is -1.46. The second-order valence-corrected chi connectivity index (χ2v) is 5.11. The van der Waals surface area contributed by atoms with E-state index in [1.54, 1.807) is 25.1 Å². The largest absolute Gasteiger partial charge is 0.497 e. The SMILES string of the molecule is COc1cccc(C(CN)Sc2nccn2C)c1. The predicted molar refractivity (Wildman–Crippen MR) is 73.9 cm³/mol. The number of hydrogen-bond donors (Lipinski definition) is 1. The Morgan fingerprint density at radius 1 is 1.50 bits per heavy atom. The normalized spacial score (nSPS) is 12.4. The predicted octanol–water partition coefficient (Wildman–Crippen LogP) is 2.22. The summed E-state index contributed by atoms with van der Waals surface area (Å²) in [5, 5.41) is 1.15. The van der Waals surface area contributed by atoms with Crippen LogP contribution in [0.2, 0.25) is 0 Å². The maximum atomic E-state index is 5.86. The van der Waals surface area contributed by atoms with E-state index in [4.69, 9.17) is 10.5 Å². The van der Waals surface area contributed by atoms with Crippen molar-refractivity contribution >= 4 is 11.8 Å². The van der Waals surface area contributed by atoms with Crippen molar-refractivity contribution in [3.63, 3.8) is 0 Å². The van der Waals surface area contributed by atoms with E-state index in [1.807, 2.05) is 36.0 Å². The molecule has 18 heavy (non-hydrogen) atoms. The smallest absolute Gasteiger partial charge is 0.168 e. The molecule has 0 saturated heterocycles. The van der Waals surface area contributed by atoms with Crippen LogP contribution < -0.4 is 10.5 Å². The molecule has 5 heteroatoms. The Morgan fingerprint density at radius 3 is 2.94 bits per heavy atom. The molecule has 0 aliphatic rings. The van der Waals surface area contributed by atoms with E-state index < -0.39 is 0 Å². The highest BCUT2D eigenvalue weighted by Gasteiger charge is 2.14. The van der Waals surface area contributed by atoms with Gasteiger partial charge in [-0.15, -0.1) is 0 Å². The van der Waals surface area contributed by atoms with Gasteiger partial charge in [0.2, 0.25) is 0 Å². The first-order chi connectivity index (χ1) is 8.74. The highest BCUT2D eigenvalue weighted by atomic mass is 32.2. The third-order valence-corrected chi connectivity index (χ3v) is 4.06. The van der Waals surface area contributed by atoms with Crippen LogP contribution in [0.25, 0.3) is 0 Å². The fourth-order valence-corrected chi connectivity index (χ4v) is 2.67. The van der Waals surface area contributed by atoms with Gasteiger partial charge in [0.15, 0.2) is 5.16 Å². The van der Waals surface area contributed by atoms with Crippen molar-refractivity contribution in [3.8, 4) is 5.75 Å². The van der Waals surface area contributed by atoms with E-state index in [0.29, 0.717) is 6.54 Å². The van der Waals surface area contributed by atoms with Gasteiger partial charge >= 0.3 is 0 Å². The molecular weight excluding hydrogens is 246 g/mol. The number of methoxy groups -OCH3 is 1. The molecule has 4 nitrogen and oxygen atoms in total. The van der Waals surface area contributed by atoms with Crippen molar-refractivity contribution < 1.29 is 4.74 Å². The Kier molecular flexibility index (Phi) is 4.28. The standard InChI is InChI=1S/C13H17N3OS/c1-16-7-6-15-13(16)18-12(9-14)10-4-3-5-11(8-10)17-2/h3-8,12H,9,14H2,1-2H3. The van der Waals surface area contributed by atoms with Crippen LogP contribution in [0, 0.1) is 0 Å². The minimum absolute atomic E-state index is 0.182. The summed E-state index contributed by atoms with van der Waals surface area (Å²) in [6.45, 7) is 0.560. The third kappa shape index (κ3) is 2.86. The molecular formula is C13H17N3OS. The van der Waals surface area contributed by atoms with Gasteiger partial charge in [-0.05, 0) is 17.7 Å². The van der Waals surface area contributed by atoms with Crippen LogP contribution in [0.15, 0.2) is 41.8 Å². The number of benzene rings is 1. The maximum Gasteiger partial charge on any atom is 0.168 e. The monoisotopic (exact) mass is 263 g/mol. The molecule has 1 aromatic carbocycles. The Morgan fingerprint density at radius 2 is 2.33 bits per heavy atom. The summed E-state index contributed by atoms with van der Waals surface area (Å²) < 4.78 is 7.23. The van der Waals surface area contributed by atoms with Crippen molar-refractivity contribution in [3.05, 3.63) is 42.2 Å². The molecule has 2 rings (SSSR count). The van der Waals surface area contributed by atoms with Crippen molar-refractivity contribution in [2.45, 2.75) is 10.4 Å². The second kappa shape index (κ2) is 5.93. The van der Waals surface area contributed by atoms with Crippen molar-refractivity contribution in [2.75, 3.05) is 13.7 Å². The van der Waals surface area contributed by atoms with E-state index >= 15 is 0 Å². The molecule has 0 radical (unpaired) electrons. The average molecular weight is 263 g/mol. The summed E-state index contributed by atoms with van der Waals surface area (Å²) in [4.78, 5) is 4.31. The summed E-state index contributed by atoms with van der Waals surface area (Å²) in [5.74, 6) is 0.853. The lowest BCUT2D eigenvalue weighted by atomic mass is 10.1. The fourth-order valence-electron chi connectivity index (χ4n) is 1.69. The van der Waals surface area contributed by atoms with Crippen molar-refractivity contribution in [1.29, 1.82) is 0 Å². The first kappa shape index (κ1) is 13.0. The van der Waals surface area contributed by atoms with Crippen LogP contribution in [0.3, 0.4) is 0 Å². The minimum Gasteiger partial charge on any atom is -0.497 e. The van der Waals surface area contributed by atoms with E-state index in [2.05, 4.69) is 11.1 Å². The molecule has 2 N–H and O–H groups in total. The molecule has 0 amide bonds. The van der Waals surface area contributed by atoms with Crippen LogP contribution >= 0.6 is 11.8 Å². The number of imidazole rings is 1. The summed E-state index contributed by atoms with van der Waals surface area (Å²) >= 11 is 1.67. The summed E-state index contributed by atoms with van der Waals surface area (Å²) in [6.07, 6.45) is 3.73. The molecule has 1 aromatic heterocycles. The van der Waals surface area contributed by atoms with Gasteiger partial charge in [-0.2, -0.15) is 0 Å². The van der Waals surface area contributed by atoms with Gasteiger partial charge in [0.05, 0.1) is 7.11 Å². The van der Waals surface area contributed by atoms with Gasteiger partial charge < -0.3 is 15.0 Å². The second-order valence-electron chi connectivity index (χ2n) is 3.94. The van der Waals surface area contributed by atoms with Gasteiger partial charge in [0.1, 0.15) is 5.75 Å². The molecule has 2 aromatic rings. The quantitative estimate of drug-likeness (QED) is 0.840. The Balaban J connectivity index is 2.20. The van der Waals surface area contributed by atoms with Crippen LogP contribution in [0.1, 0.15) is 10.8 Å². The first-order valence-electron chi connectivity index (χ1n) is 5.72. The highest BCUT2D eigenvalue weighted by Crippen LogP contribution is 2.34. The number of nitrogens with zero attached hydrogens (tertiary/aromatic N) is 2. The molecule has 1 atom stereocenters. The lowest BCUT2D eigenvalue weighted by Crippen LogP contribution is -2.10. The molecule has 0 aliphatic carbocycles. The molecule has 1 heterocycles. The molecule has 0 bridgehead atoms. The van der Waals surface area contributed by atoms with Gasteiger partial charge in [-0.3, -0.25) is 0 Å². The van der Waals surface area contributed by atoms with Crippen molar-refractivity contribution in [1.82, 2.24) is 9.55 Å². The summed E-state index contributed by atoms with van der Waals surface area (Å²) in [7, 11) is 3.65. The first-order valence-corrected chi connectivity index (χ1v) is 6.60. The molecule has 0 saturated carbocycles. The van der Waals surface area contributed by atoms with Crippen LogP contribution in [-0.4, -0.2) is 23.2 Å². The van der Waals surface area contributed by atoms with Crippen LogP contribution in [0.5, 0.6) is 5.75 Å². The zero-order valence-electron chi connectivity index (χ0n) is 10.5. The van der Waals surface area contributed by atoms with Gasteiger partial charge in [-0.1, -0.05) is 23.9 Å². The molecule has 96 valence electrons. The highest BCUT2D eigenvalue weighted by molar-refractivity contribution is 7.99. The molecule has 0 spiro atoms. The lowest BCUT2D eigenvalue weighted by molar-refractivity contribution is 0.414. The minimum atomic E-state index is 0.182. The molecule has 0 aliphatic heterocycles. The third-order valence-electron chi connectivity index (χ3n) is 2.70. The van der Waals surface area contributed by atoms with E-state index in [9.17, 15) is 0 Å². The van der Waals surface area contributed by atoms with Gasteiger partial charge in [-0.25, -0.2) is 4.98 Å². The number of rotatable bonds is 5.